The highest BCUT2D eigenvalue weighted by Gasteiger charge is 2.38. The average molecular weight is 312 g/mol. The first-order valence-electron chi connectivity index (χ1n) is 7.50. The number of aliphatic imine (C=N–C) groups is 1. The molecule has 0 radical (unpaired) electrons. The molecule has 2 N–H and O–H groups in total. The van der Waals surface area contributed by atoms with Gasteiger partial charge in [0.15, 0.2) is 0 Å². The summed E-state index contributed by atoms with van der Waals surface area (Å²) >= 11 is 1.46. The predicted molar refractivity (Wildman–Crippen MR) is 109 cm³/mol. The van der Waals surface area contributed by atoms with Crippen molar-refractivity contribution in [2.24, 2.45) is 4.99 Å². The van der Waals surface area contributed by atoms with Gasteiger partial charge in [0, 0.05) is 12.1 Å². The maximum absolute atomic E-state index is 5.65. The fourth-order valence-electron chi connectivity index (χ4n) is 2.15. The molecule has 0 spiro atoms. The summed E-state index contributed by atoms with van der Waals surface area (Å²) in [5.74, 6) is 0. The number of nitrogens with zero attached hydrogens (tertiary/aromatic N) is 3. The fourth-order valence-corrected chi connectivity index (χ4v) is 2.76. The highest BCUT2D eigenvalue weighted by molar-refractivity contribution is 7.15. The quantitative estimate of drug-likeness (QED) is 0.414. The van der Waals surface area contributed by atoms with Crippen LogP contribution in [-0.2, 0) is 6.42 Å². The number of rotatable bonds is 7. The molecule has 0 saturated heterocycles. The van der Waals surface area contributed by atoms with Crippen LogP contribution in [0.25, 0.3) is 0 Å². The molecule has 1 rings (SSSR count). The summed E-state index contributed by atoms with van der Waals surface area (Å²) < 4.78 is 0. The first-order chi connectivity index (χ1) is 10.1. The zero-order chi connectivity index (χ0) is 17.0. The van der Waals surface area contributed by atoms with Crippen LogP contribution in [0.1, 0.15) is 25.3 Å². The molecule has 114 valence electrons. The Bertz CT molecular complexity index is 589. The van der Waals surface area contributed by atoms with Crippen LogP contribution >= 0.6 is 11.3 Å². The molecule has 0 fully saturated rings. The molecule has 0 amide bonds. The smallest absolute Gasteiger partial charge is 0.203 e. The van der Waals surface area contributed by atoms with Crippen molar-refractivity contribution >= 4 is 54.6 Å². The second-order valence-electron chi connectivity index (χ2n) is 7.00. The molecule has 1 aromatic heterocycles. The molecule has 0 aliphatic rings. The molecule has 1 aromatic rings. The monoisotopic (exact) mass is 312 g/mol. The highest BCUT2D eigenvalue weighted by atomic mass is 32.1. The van der Waals surface area contributed by atoms with Gasteiger partial charge in [0.25, 0.3) is 0 Å². The second kappa shape index (κ2) is 7.36. The summed E-state index contributed by atoms with van der Waals surface area (Å²) in [7, 11) is 8.97. The van der Waals surface area contributed by atoms with Crippen molar-refractivity contribution in [3.8, 4) is 0 Å². The van der Waals surface area contributed by atoms with Crippen molar-refractivity contribution in [2.45, 2.75) is 37.1 Å². The predicted octanol–water partition coefficient (Wildman–Crippen LogP) is -0.632. The standard InChI is InChI=1S/C13H24B4N4S/c1-8(2)4-5-9(19-3)13(16,17)12(14,15)7-6-10-20-21-11(18)22-10/h4-5H,3,6-7,14-17H2,1-2H3,(H2,18,21)/b9-5-. The summed E-state index contributed by atoms with van der Waals surface area (Å²) in [4.78, 5) is 4.28. The van der Waals surface area contributed by atoms with Crippen LogP contribution in [-0.4, -0.2) is 48.3 Å². The van der Waals surface area contributed by atoms with E-state index in [4.69, 9.17) is 5.73 Å². The Morgan fingerprint density at radius 2 is 1.91 bits per heavy atom. The van der Waals surface area contributed by atoms with Crippen molar-refractivity contribution in [1.82, 2.24) is 10.2 Å². The third-order valence-electron chi connectivity index (χ3n) is 4.52. The topological polar surface area (TPSA) is 64.2 Å². The molecule has 0 aliphatic heterocycles. The summed E-state index contributed by atoms with van der Waals surface area (Å²) in [6.07, 6.45) is 6.02. The van der Waals surface area contributed by atoms with Gasteiger partial charge in [0.1, 0.15) is 20.7 Å². The summed E-state index contributed by atoms with van der Waals surface area (Å²) in [6, 6.07) is 0. The lowest BCUT2D eigenvalue weighted by Crippen LogP contribution is -2.34. The maximum atomic E-state index is 5.65. The van der Waals surface area contributed by atoms with E-state index in [-0.39, 0.29) is 10.4 Å². The van der Waals surface area contributed by atoms with Crippen molar-refractivity contribution in [1.29, 1.82) is 0 Å². The lowest BCUT2D eigenvalue weighted by Gasteiger charge is -2.43. The number of nitrogens with two attached hydrogens (primary N) is 1. The van der Waals surface area contributed by atoms with Crippen LogP contribution in [0, 0.1) is 0 Å². The van der Waals surface area contributed by atoms with Crippen LogP contribution in [0.15, 0.2) is 28.4 Å². The minimum absolute atomic E-state index is 0.0376. The van der Waals surface area contributed by atoms with Crippen molar-refractivity contribution in [2.75, 3.05) is 5.73 Å². The number of aromatic nitrogens is 2. The molecule has 0 aliphatic carbocycles. The van der Waals surface area contributed by atoms with Crippen molar-refractivity contribution < 1.29 is 0 Å². The van der Waals surface area contributed by atoms with Gasteiger partial charge in [0.05, 0.1) is 15.7 Å². The van der Waals surface area contributed by atoms with E-state index >= 15 is 0 Å². The molecule has 0 aromatic carbocycles. The molecule has 9 heteroatoms. The van der Waals surface area contributed by atoms with Gasteiger partial charge in [-0.3, -0.25) is 4.99 Å². The van der Waals surface area contributed by atoms with Gasteiger partial charge in [-0.05, 0) is 26.6 Å². The number of hydrogen-bond donors (Lipinski definition) is 1. The highest BCUT2D eigenvalue weighted by Crippen LogP contribution is 2.50. The maximum Gasteiger partial charge on any atom is 0.203 e. The van der Waals surface area contributed by atoms with Gasteiger partial charge in [0.2, 0.25) is 5.13 Å². The number of hydrogen-bond acceptors (Lipinski definition) is 5. The number of allylic oxidation sites excluding steroid dienone is 4. The lowest BCUT2D eigenvalue weighted by atomic mass is 9.28. The Balaban J connectivity index is 2.93. The van der Waals surface area contributed by atoms with Gasteiger partial charge in [-0.2, -0.15) is 0 Å². The van der Waals surface area contributed by atoms with E-state index < -0.39 is 0 Å². The first kappa shape index (κ1) is 18.8. The van der Waals surface area contributed by atoms with Gasteiger partial charge in [-0.25, -0.2) is 0 Å². The number of anilines is 1. The minimum Gasteiger partial charge on any atom is -0.374 e. The van der Waals surface area contributed by atoms with Crippen molar-refractivity contribution in [3.05, 3.63) is 28.4 Å². The zero-order valence-corrected chi connectivity index (χ0v) is 15.4. The van der Waals surface area contributed by atoms with E-state index in [2.05, 4.69) is 79.3 Å². The van der Waals surface area contributed by atoms with Crippen LogP contribution in [0.5, 0.6) is 0 Å². The molecular weight excluding hydrogens is 287 g/mol. The largest absolute Gasteiger partial charge is 0.374 e. The lowest BCUT2D eigenvalue weighted by molar-refractivity contribution is 0.622. The Labute approximate surface area is 141 Å². The van der Waals surface area contributed by atoms with E-state index in [0.717, 1.165) is 23.5 Å². The normalized spacial score (nSPS) is 12.9. The molecule has 0 saturated carbocycles. The first-order valence-corrected chi connectivity index (χ1v) is 8.32. The van der Waals surface area contributed by atoms with E-state index in [0.29, 0.717) is 5.13 Å². The summed E-state index contributed by atoms with van der Waals surface area (Å²) in [5, 5.41) is 9.44. The molecule has 0 bridgehead atoms. The zero-order valence-electron chi connectivity index (χ0n) is 14.6. The average Bonchev–Trinajstić information content (AvgIpc) is 2.82. The second-order valence-corrected chi connectivity index (χ2v) is 8.09. The van der Waals surface area contributed by atoms with E-state index in [1.807, 2.05) is 0 Å². The Morgan fingerprint density at radius 3 is 2.36 bits per heavy atom. The van der Waals surface area contributed by atoms with Crippen LogP contribution in [0.2, 0.25) is 10.4 Å². The molecule has 0 unspecified atom stereocenters. The van der Waals surface area contributed by atoms with Gasteiger partial charge in [-0.1, -0.05) is 39.8 Å². The van der Waals surface area contributed by atoms with Crippen molar-refractivity contribution in [3.63, 3.8) is 0 Å². The Morgan fingerprint density at radius 1 is 1.27 bits per heavy atom. The van der Waals surface area contributed by atoms with Crippen LogP contribution in [0.3, 0.4) is 0 Å². The Kier molecular flexibility index (Phi) is 6.29. The van der Waals surface area contributed by atoms with E-state index in [9.17, 15) is 0 Å². The van der Waals surface area contributed by atoms with Crippen LogP contribution < -0.4 is 5.73 Å². The van der Waals surface area contributed by atoms with E-state index in [1.165, 1.54) is 16.9 Å². The molecule has 22 heavy (non-hydrogen) atoms. The molecular formula is C13H24B4N4S. The number of nitrogen functional groups attached to an aromatic ring is 1. The Hall–Kier alpha value is -1.23. The molecule has 1 heterocycles. The SMILES string of the molecule is BC(B)(CCc1nnc(N)s1)C(B)(B)/C(=C/C=C(C)C)N=C. The number of aryl methyl sites for hydroxylation is 1. The van der Waals surface area contributed by atoms with Gasteiger partial charge in [-0.15, -0.1) is 10.2 Å². The third-order valence-corrected chi connectivity index (χ3v) is 5.34. The third kappa shape index (κ3) is 4.63. The van der Waals surface area contributed by atoms with Crippen LogP contribution in [0.4, 0.5) is 5.13 Å². The minimum atomic E-state index is -0.100. The van der Waals surface area contributed by atoms with Gasteiger partial charge < -0.3 is 5.73 Å². The van der Waals surface area contributed by atoms with Gasteiger partial charge >= 0.3 is 0 Å². The summed E-state index contributed by atoms with van der Waals surface area (Å²) in [5.41, 5.74) is 7.91. The fraction of sp³-hybridized carbons (Fsp3) is 0.462. The van der Waals surface area contributed by atoms with E-state index in [1.54, 1.807) is 0 Å². The molecule has 4 nitrogen and oxygen atoms in total. The summed E-state index contributed by atoms with van der Waals surface area (Å²) in [6.45, 7) is 7.91. The molecule has 0 atom stereocenters.